The number of ether oxygens (including phenoxy) is 1. The smallest absolute Gasteiger partial charge is 0.348 e. The van der Waals surface area contributed by atoms with Crippen molar-refractivity contribution in [2.45, 2.75) is 19.5 Å². The molecule has 1 aromatic carbocycles. The lowest BCUT2D eigenvalue weighted by atomic mass is 10.2. The topological polar surface area (TPSA) is 53.6 Å². The summed E-state index contributed by atoms with van der Waals surface area (Å²) in [6.45, 7) is 3.79. The summed E-state index contributed by atoms with van der Waals surface area (Å²) in [5.74, 6) is -0.384. The highest BCUT2D eigenvalue weighted by molar-refractivity contribution is 7.80. The Hall–Kier alpha value is -1.66. The van der Waals surface area contributed by atoms with Crippen molar-refractivity contribution in [1.82, 2.24) is 10.7 Å². The fourth-order valence-electron chi connectivity index (χ4n) is 1.70. The quantitative estimate of drug-likeness (QED) is 0.632. The lowest BCUT2D eigenvalue weighted by Gasteiger charge is -2.23. The third kappa shape index (κ3) is 2.30. The van der Waals surface area contributed by atoms with Gasteiger partial charge in [-0.05, 0) is 38.2 Å². The Labute approximate surface area is 111 Å². The molecule has 2 N–H and O–H groups in total. The predicted octanol–water partition coefficient (Wildman–Crippen LogP) is 1.17. The van der Waals surface area contributed by atoms with E-state index in [0.29, 0.717) is 11.7 Å². The SMILES string of the molecule is CCOC(=O)C1(C)NC(=S)N(c2ccccc2)N1. The number of rotatable bonds is 3. The summed E-state index contributed by atoms with van der Waals surface area (Å²) < 4.78 is 5.01. The van der Waals surface area contributed by atoms with E-state index < -0.39 is 5.66 Å². The molecule has 0 aliphatic carbocycles. The average molecular weight is 265 g/mol. The molecule has 5 nitrogen and oxygen atoms in total. The molecular weight excluding hydrogens is 250 g/mol. The summed E-state index contributed by atoms with van der Waals surface area (Å²) >= 11 is 5.22. The fourth-order valence-corrected chi connectivity index (χ4v) is 2.06. The maximum atomic E-state index is 11.9. The second kappa shape index (κ2) is 4.91. The molecule has 2 rings (SSSR count). The van der Waals surface area contributed by atoms with Gasteiger partial charge in [0.15, 0.2) is 5.11 Å². The number of nitrogens with zero attached hydrogens (tertiary/aromatic N) is 1. The first kappa shape index (κ1) is 12.8. The zero-order valence-corrected chi connectivity index (χ0v) is 11.1. The number of hydrogen-bond donors (Lipinski definition) is 2. The molecule has 1 saturated heterocycles. The van der Waals surface area contributed by atoms with Gasteiger partial charge in [-0.15, -0.1) is 0 Å². The average Bonchev–Trinajstić information content (AvgIpc) is 2.68. The summed E-state index contributed by atoms with van der Waals surface area (Å²) in [6.07, 6.45) is 0. The first-order chi connectivity index (χ1) is 8.57. The van der Waals surface area contributed by atoms with Crippen LogP contribution in [0, 0.1) is 0 Å². The van der Waals surface area contributed by atoms with Gasteiger partial charge in [0.05, 0.1) is 12.3 Å². The van der Waals surface area contributed by atoms with Crippen LogP contribution in [-0.2, 0) is 9.53 Å². The molecule has 0 aromatic heterocycles. The second-order valence-corrected chi connectivity index (χ2v) is 4.45. The van der Waals surface area contributed by atoms with Crippen LogP contribution < -0.4 is 15.8 Å². The molecule has 0 saturated carbocycles. The number of esters is 1. The highest BCUT2D eigenvalue weighted by atomic mass is 32.1. The van der Waals surface area contributed by atoms with Crippen molar-refractivity contribution in [2.24, 2.45) is 0 Å². The maximum Gasteiger partial charge on any atom is 0.348 e. The predicted molar refractivity (Wildman–Crippen MR) is 72.8 cm³/mol. The summed E-state index contributed by atoms with van der Waals surface area (Å²) in [7, 11) is 0. The molecule has 0 spiro atoms. The van der Waals surface area contributed by atoms with Crippen LogP contribution in [-0.4, -0.2) is 23.4 Å². The van der Waals surface area contributed by atoms with E-state index in [4.69, 9.17) is 17.0 Å². The highest BCUT2D eigenvalue weighted by Gasteiger charge is 2.44. The van der Waals surface area contributed by atoms with Crippen LogP contribution in [0.3, 0.4) is 0 Å². The molecule has 1 unspecified atom stereocenters. The molecule has 6 heteroatoms. The number of thiocarbonyl (C=S) groups is 1. The van der Waals surface area contributed by atoms with Gasteiger partial charge >= 0.3 is 5.97 Å². The molecule has 1 fully saturated rings. The summed E-state index contributed by atoms with van der Waals surface area (Å²) in [5, 5.41) is 5.04. The highest BCUT2D eigenvalue weighted by Crippen LogP contribution is 2.19. The minimum atomic E-state index is -1.02. The van der Waals surface area contributed by atoms with Crippen LogP contribution in [0.25, 0.3) is 0 Å². The van der Waals surface area contributed by atoms with Crippen LogP contribution in [0.5, 0.6) is 0 Å². The van der Waals surface area contributed by atoms with Crippen LogP contribution in [0.4, 0.5) is 5.69 Å². The van der Waals surface area contributed by atoms with Crippen LogP contribution in [0.1, 0.15) is 13.8 Å². The Morgan fingerprint density at radius 2 is 2.11 bits per heavy atom. The molecule has 1 aliphatic rings. The molecule has 96 valence electrons. The van der Waals surface area contributed by atoms with Crippen LogP contribution in [0.15, 0.2) is 30.3 Å². The van der Waals surface area contributed by atoms with Gasteiger partial charge in [0.25, 0.3) is 0 Å². The van der Waals surface area contributed by atoms with Gasteiger partial charge in [-0.2, -0.15) is 5.43 Å². The zero-order valence-electron chi connectivity index (χ0n) is 10.3. The number of carbonyl (C=O) groups is 1. The van der Waals surface area contributed by atoms with Gasteiger partial charge in [0.2, 0.25) is 5.66 Å². The van der Waals surface area contributed by atoms with Crippen LogP contribution in [0.2, 0.25) is 0 Å². The second-order valence-electron chi connectivity index (χ2n) is 4.06. The van der Waals surface area contributed by atoms with E-state index in [2.05, 4.69) is 10.7 Å². The number of carbonyl (C=O) groups excluding carboxylic acids is 1. The minimum absolute atomic E-state index is 0.329. The fraction of sp³-hybridized carbons (Fsp3) is 0.333. The van der Waals surface area contributed by atoms with Gasteiger partial charge in [0, 0.05) is 0 Å². The van der Waals surface area contributed by atoms with E-state index in [1.54, 1.807) is 18.9 Å². The number of hydrogen-bond acceptors (Lipinski definition) is 4. The molecule has 1 aromatic rings. The van der Waals surface area contributed by atoms with Crippen molar-refractivity contribution < 1.29 is 9.53 Å². The Bertz CT molecular complexity index is 466. The van der Waals surface area contributed by atoms with Crippen molar-refractivity contribution in [3.63, 3.8) is 0 Å². The first-order valence-corrected chi connectivity index (χ1v) is 6.10. The van der Waals surface area contributed by atoms with Crippen molar-refractivity contribution in [1.29, 1.82) is 0 Å². The first-order valence-electron chi connectivity index (χ1n) is 5.69. The molecule has 1 heterocycles. The zero-order chi connectivity index (χ0) is 13.2. The monoisotopic (exact) mass is 265 g/mol. The van der Waals surface area contributed by atoms with Gasteiger partial charge < -0.3 is 10.1 Å². The van der Waals surface area contributed by atoms with Crippen LogP contribution >= 0.6 is 12.2 Å². The molecule has 0 amide bonds. The van der Waals surface area contributed by atoms with Gasteiger partial charge in [-0.25, -0.2) is 9.80 Å². The number of para-hydroxylation sites is 1. The third-order valence-electron chi connectivity index (χ3n) is 2.59. The summed E-state index contributed by atoms with van der Waals surface area (Å²) in [5.41, 5.74) is 2.86. The van der Waals surface area contributed by atoms with E-state index in [1.807, 2.05) is 30.3 Å². The van der Waals surface area contributed by atoms with Crippen molar-refractivity contribution >= 4 is 29.0 Å². The summed E-state index contributed by atoms with van der Waals surface area (Å²) in [4.78, 5) is 11.9. The Morgan fingerprint density at radius 3 is 2.72 bits per heavy atom. The molecular formula is C12H15N3O2S. The van der Waals surface area contributed by atoms with Crippen molar-refractivity contribution in [3.8, 4) is 0 Å². The lowest BCUT2D eigenvalue weighted by Crippen LogP contribution is -2.56. The van der Waals surface area contributed by atoms with E-state index in [1.165, 1.54) is 0 Å². The summed E-state index contributed by atoms with van der Waals surface area (Å²) in [6, 6.07) is 9.52. The van der Waals surface area contributed by atoms with Crippen molar-refractivity contribution in [2.75, 3.05) is 11.6 Å². The van der Waals surface area contributed by atoms with Gasteiger partial charge in [-0.1, -0.05) is 18.2 Å². The standard InChI is InChI=1S/C12H15N3O2S/c1-3-17-10(16)12(2)13-11(18)15(14-12)9-7-5-4-6-8-9/h4-8,14H,3H2,1-2H3,(H,13,18). The third-order valence-corrected chi connectivity index (χ3v) is 2.88. The Morgan fingerprint density at radius 1 is 1.44 bits per heavy atom. The number of benzene rings is 1. The van der Waals surface area contributed by atoms with E-state index in [-0.39, 0.29) is 5.97 Å². The normalized spacial score (nSPS) is 22.8. The lowest BCUT2D eigenvalue weighted by molar-refractivity contribution is -0.150. The molecule has 1 aliphatic heterocycles. The molecule has 0 radical (unpaired) electrons. The molecule has 0 bridgehead atoms. The number of anilines is 1. The number of hydrazine groups is 1. The molecule has 18 heavy (non-hydrogen) atoms. The van der Waals surface area contributed by atoms with Gasteiger partial charge in [-0.3, -0.25) is 0 Å². The van der Waals surface area contributed by atoms with E-state index in [9.17, 15) is 4.79 Å². The Kier molecular flexibility index (Phi) is 3.49. The minimum Gasteiger partial charge on any atom is -0.463 e. The Balaban J connectivity index is 2.19. The van der Waals surface area contributed by atoms with Crippen molar-refractivity contribution in [3.05, 3.63) is 30.3 Å². The maximum absolute atomic E-state index is 11.9. The van der Waals surface area contributed by atoms with Gasteiger partial charge in [0.1, 0.15) is 0 Å². The molecule has 1 atom stereocenters. The van der Waals surface area contributed by atoms with E-state index >= 15 is 0 Å². The van der Waals surface area contributed by atoms with E-state index in [0.717, 1.165) is 5.69 Å². The largest absolute Gasteiger partial charge is 0.463 e. The number of nitrogens with one attached hydrogen (secondary N) is 2.